The summed E-state index contributed by atoms with van der Waals surface area (Å²) in [6.07, 6.45) is 5.24. The first kappa shape index (κ1) is 15.7. The summed E-state index contributed by atoms with van der Waals surface area (Å²) in [6, 6.07) is 9.99. The average molecular weight is 337 g/mol. The van der Waals surface area contributed by atoms with Gasteiger partial charge in [-0.25, -0.2) is 4.79 Å². The Hall–Kier alpha value is -2.76. The molecular weight excluding hydrogens is 314 g/mol. The first-order chi connectivity index (χ1) is 12.2. The molecule has 6 nitrogen and oxygen atoms in total. The molecule has 130 valence electrons. The Balaban J connectivity index is 1.32. The Bertz CT molecular complexity index is 890. The number of carbonyl (C=O) groups is 1. The molecule has 1 aliphatic rings. The minimum atomic E-state index is -0.206. The predicted octanol–water partition coefficient (Wildman–Crippen LogP) is 3.63. The number of carbonyl (C=O) groups excluding carboxylic acids is 1. The van der Waals surface area contributed by atoms with Crippen molar-refractivity contribution in [1.82, 2.24) is 20.1 Å². The van der Waals surface area contributed by atoms with E-state index in [0.717, 1.165) is 18.5 Å². The van der Waals surface area contributed by atoms with Crippen LogP contribution >= 0.6 is 0 Å². The lowest BCUT2D eigenvalue weighted by atomic mass is 10.1. The standard InChI is InChI=1S/C19H23N5O/c1-2-24-17(13-7-8-13)11-18(23-24)22-19(25)20-10-9-14-12-21-16-6-4-3-5-15(14)16/h3-6,11-13,21H,2,7-10H2,1H3,(H2,20,22,23,25). The van der Waals surface area contributed by atoms with E-state index >= 15 is 0 Å². The van der Waals surface area contributed by atoms with Crippen molar-refractivity contribution < 1.29 is 4.79 Å². The Morgan fingerprint density at radius 2 is 2.20 bits per heavy atom. The van der Waals surface area contributed by atoms with Crippen molar-refractivity contribution in [3.05, 3.63) is 47.8 Å². The molecule has 1 aliphatic carbocycles. The molecule has 1 aromatic carbocycles. The van der Waals surface area contributed by atoms with E-state index in [4.69, 9.17) is 0 Å². The van der Waals surface area contributed by atoms with Gasteiger partial charge in [0.05, 0.1) is 0 Å². The molecule has 25 heavy (non-hydrogen) atoms. The number of urea groups is 1. The van der Waals surface area contributed by atoms with Crippen LogP contribution in [0, 0.1) is 0 Å². The topological polar surface area (TPSA) is 74.7 Å². The number of hydrogen-bond donors (Lipinski definition) is 3. The van der Waals surface area contributed by atoms with Crippen LogP contribution in [-0.4, -0.2) is 27.3 Å². The lowest BCUT2D eigenvalue weighted by molar-refractivity contribution is 0.252. The van der Waals surface area contributed by atoms with Crippen LogP contribution in [0.1, 0.15) is 36.9 Å². The molecule has 6 heteroatoms. The molecule has 2 amide bonds. The van der Waals surface area contributed by atoms with Crippen LogP contribution in [0.3, 0.4) is 0 Å². The molecule has 0 bridgehead atoms. The van der Waals surface area contributed by atoms with Crippen molar-refractivity contribution in [2.75, 3.05) is 11.9 Å². The highest BCUT2D eigenvalue weighted by atomic mass is 16.2. The third-order valence-electron chi connectivity index (χ3n) is 4.70. The summed E-state index contributed by atoms with van der Waals surface area (Å²) < 4.78 is 1.99. The lowest BCUT2D eigenvalue weighted by Crippen LogP contribution is -2.30. The van der Waals surface area contributed by atoms with Gasteiger partial charge in [0.1, 0.15) is 0 Å². The van der Waals surface area contributed by atoms with Crippen LogP contribution in [0.4, 0.5) is 10.6 Å². The maximum Gasteiger partial charge on any atom is 0.320 e. The van der Waals surface area contributed by atoms with E-state index in [1.54, 1.807) is 0 Å². The van der Waals surface area contributed by atoms with Crippen LogP contribution in [0.15, 0.2) is 36.5 Å². The van der Waals surface area contributed by atoms with Crippen LogP contribution in [0.2, 0.25) is 0 Å². The number of nitrogens with one attached hydrogen (secondary N) is 3. The number of H-pyrrole nitrogens is 1. The first-order valence-corrected chi connectivity index (χ1v) is 8.92. The number of para-hydroxylation sites is 1. The number of anilines is 1. The highest BCUT2D eigenvalue weighted by Gasteiger charge is 2.28. The zero-order valence-electron chi connectivity index (χ0n) is 14.4. The minimum absolute atomic E-state index is 0.206. The molecule has 1 saturated carbocycles. The fraction of sp³-hybridized carbons (Fsp3) is 0.368. The Kier molecular flexibility index (Phi) is 4.17. The zero-order chi connectivity index (χ0) is 17.2. The SMILES string of the molecule is CCn1nc(NC(=O)NCCc2c[nH]c3ccccc23)cc1C1CC1. The molecular formula is C19H23N5O. The normalized spacial score (nSPS) is 14.0. The van der Waals surface area contributed by atoms with Crippen LogP contribution in [-0.2, 0) is 13.0 Å². The van der Waals surface area contributed by atoms with E-state index in [9.17, 15) is 4.79 Å². The largest absolute Gasteiger partial charge is 0.361 e. The molecule has 0 unspecified atom stereocenters. The summed E-state index contributed by atoms with van der Waals surface area (Å²) in [6.45, 7) is 3.48. The number of hydrogen-bond acceptors (Lipinski definition) is 2. The molecule has 0 aliphatic heterocycles. The molecule has 1 fully saturated rings. The lowest BCUT2D eigenvalue weighted by Gasteiger charge is -2.05. The van der Waals surface area contributed by atoms with Gasteiger partial charge in [0, 0.05) is 47.9 Å². The molecule has 3 aromatic rings. The van der Waals surface area contributed by atoms with Crippen molar-refractivity contribution >= 4 is 22.8 Å². The van der Waals surface area contributed by atoms with Gasteiger partial charge in [0.15, 0.2) is 5.82 Å². The van der Waals surface area contributed by atoms with Crippen molar-refractivity contribution in [3.8, 4) is 0 Å². The Labute approximate surface area is 146 Å². The molecule has 2 heterocycles. The van der Waals surface area contributed by atoms with E-state index in [1.165, 1.54) is 29.5 Å². The Morgan fingerprint density at radius 1 is 1.36 bits per heavy atom. The van der Waals surface area contributed by atoms with Gasteiger partial charge in [0.2, 0.25) is 0 Å². The predicted molar refractivity (Wildman–Crippen MR) is 98.9 cm³/mol. The number of fused-ring (bicyclic) bond motifs is 1. The first-order valence-electron chi connectivity index (χ1n) is 8.92. The summed E-state index contributed by atoms with van der Waals surface area (Å²) in [5, 5.41) is 11.4. The molecule has 4 rings (SSSR count). The van der Waals surface area contributed by atoms with Gasteiger partial charge in [0.25, 0.3) is 0 Å². The summed E-state index contributed by atoms with van der Waals surface area (Å²) in [4.78, 5) is 15.4. The fourth-order valence-corrected chi connectivity index (χ4v) is 3.26. The van der Waals surface area contributed by atoms with Gasteiger partial charge in [-0.3, -0.25) is 10.00 Å². The van der Waals surface area contributed by atoms with Gasteiger partial charge >= 0.3 is 6.03 Å². The van der Waals surface area contributed by atoms with E-state index in [0.29, 0.717) is 18.3 Å². The van der Waals surface area contributed by atoms with Crippen molar-refractivity contribution in [1.29, 1.82) is 0 Å². The van der Waals surface area contributed by atoms with Crippen molar-refractivity contribution in [2.24, 2.45) is 0 Å². The summed E-state index contributed by atoms with van der Waals surface area (Å²) in [7, 11) is 0. The van der Waals surface area contributed by atoms with Crippen molar-refractivity contribution in [2.45, 2.75) is 38.6 Å². The summed E-state index contributed by atoms with van der Waals surface area (Å²) in [5.74, 6) is 1.25. The quantitative estimate of drug-likeness (QED) is 0.642. The van der Waals surface area contributed by atoms with Crippen LogP contribution < -0.4 is 10.6 Å². The second-order valence-corrected chi connectivity index (χ2v) is 6.53. The number of amides is 2. The van der Waals surface area contributed by atoms with E-state index in [-0.39, 0.29) is 6.03 Å². The van der Waals surface area contributed by atoms with Gasteiger partial charge in [-0.05, 0) is 37.8 Å². The van der Waals surface area contributed by atoms with Crippen molar-refractivity contribution in [3.63, 3.8) is 0 Å². The molecule has 0 spiro atoms. The fourth-order valence-electron chi connectivity index (χ4n) is 3.26. The number of aromatic nitrogens is 3. The van der Waals surface area contributed by atoms with Gasteiger partial charge < -0.3 is 10.3 Å². The summed E-state index contributed by atoms with van der Waals surface area (Å²) >= 11 is 0. The minimum Gasteiger partial charge on any atom is -0.361 e. The third kappa shape index (κ3) is 3.38. The molecule has 0 saturated heterocycles. The number of rotatable bonds is 6. The smallest absolute Gasteiger partial charge is 0.320 e. The van der Waals surface area contributed by atoms with Crippen LogP contribution in [0.25, 0.3) is 10.9 Å². The molecule has 0 radical (unpaired) electrons. The summed E-state index contributed by atoms with van der Waals surface area (Å²) in [5.41, 5.74) is 3.57. The second kappa shape index (κ2) is 6.63. The maximum atomic E-state index is 12.1. The third-order valence-corrected chi connectivity index (χ3v) is 4.70. The van der Waals surface area contributed by atoms with E-state index in [2.05, 4.69) is 39.8 Å². The molecule has 0 atom stereocenters. The molecule has 2 aromatic heterocycles. The van der Waals surface area contributed by atoms with E-state index < -0.39 is 0 Å². The highest BCUT2D eigenvalue weighted by molar-refractivity contribution is 5.88. The van der Waals surface area contributed by atoms with E-state index in [1.807, 2.05) is 29.1 Å². The van der Waals surface area contributed by atoms with Gasteiger partial charge in [-0.2, -0.15) is 5.10 Å². The van der Waals surface area contributed by atoms with Gasteiger partial charge in [-0.15, -0.1) is 0 Å². The Morgan fingerprint density at radius 3 is 3.00 bits per heavy atom. The van der Waals surface area contributed by atoms with Crippen LogP contribution in [0.5, 0.6) is 0 Å². The number of aromatic amines is 1. The molecule has 3 N–H and O–H groups in total. The average Bonchev–Trinajstić information content (AvgIpc) is 3.27. The number of benzene rings is 1. The van der Waals surface area contributed by atoms with Gasteiger partial charge in [-0.1, -0.05) is 18.2 Å². The maximum absolute atomic E-state index is 12.1. The highest BCUT2D eigenvalue weighted by Crippen LogP contribution is 2.40. The number of aryl methyl sites for hydroxylation is 1. The monoisotopic (exact) mass is 337 g/mol. The number of nitrogens with zero attached hydrogens (tertiary/aromatic N) is 2. The second-order valence-electron chi connectivity index (χ2n) is 6.53. The zero-order valence-corrected chi connectivity index (χ0v) is 14.4.